The Kier molecular flexibility index (Phi) is 3.05. The lowest BCUT2D eigenvalue weighted by atomic mass is 10.1. The molecule has 84 valence electrons. The van der Waals surface area contributed by atoms with Crippen LogP contribution in [0.2, 0.25) is 5.02 Å². The van der Waals surface area contributed by atoms with Gasteiger partial charge >= 0.3 is 6.18 Å². The third kappa shape index (κ3) is 2.23. The van der Waals surface area contributed by atoms with Crippen molar-refractivity contribution >= 4 is 17.3 Å². The van der Waals surface area contributed by atoms with Crippen molar-refractivity contribution < 1.29 is 18.1 Å². The summed E-state index contributed by atoms with van der Waals surface area (Å²) in [5.41, 5.74) is -2.80. The van der Waals surface area contributed by atoms with E-state index in [1.807, 2.05) is 0 Å². The molecule has 0 aliphatic carbocycles. The number of hydrogen-bond acceptors (Lipinski definition) is 3. The van der Waals surface area contributed by atoms with Crippen molar-refractivity contribution in [3.63, 3.8) is 0 Å². The molecule has 0 unspecified atom stereocenters. The Morgan fingerprint density at radius 2 is 2.00 bits per heavy atom. The first-order valence-electron chi connectivity index (χ1n) is 3.72. The summed E-state index contributed by atoms with van der Waals surface area (Å²) in [6, 6.07) is 2.13. The molecule has 1 rings (SSSR count). The van der Waals surface area contributed by atoms with Crippen molar-refractivity contribution in [1.82, 2.24) is 0 Å². The zero-order valence-electron chi connectivity index (χ0n) is 7.38. The molecule has 1 aromatic rings. The van der Waals surface area contributed by atoms with E-state index < -0.39 is 32.9 Å². The van der Waals surface area contributed by atoms with Crippen molar-refractivity contribution in [1.29, 1.82) is 5.26 Å². The first kappa shape index (κ1) is 12.3. The van der Waals surface area contributed by atoms with Crippen molar-refractivity contribution in [3.8, 4) is 6.07 Å². The van der Waals surface area contributed by atoms with Gasteiger partial charge in [0.2, 0.25) is 0 Å². The Labute approximate surface area is 92.0 Å². The number of rotatable bonds is 1. The summed E-state index contributed by atoms with van der Waals surface area (Å²) in [4.78, 5) is 9.34. The van der Waals surface area contributed by atoms with Crippen LogP contribution in [0.1, 0.15) is 11.1 Å². The van der Waals surface area contributed by atoms with E-state index in [0.717, 1.165) is 0 Å². The van der Waals surface area contributed by atoms with E-state index in [2.05, 4.69) is 0 Å². The summed E-state index contributed by atoms with van der Waals surface area (Å²) in [6.07, 6.45) is -4.76. The number of nitro groups is 1. The topological polar surface area (TPSA) is 66.9 Å². The smallest absolute Gasteiger partial charge is 0.258 e. The van der Waals surface area contributed by atoms with Crippen LogP contribution in [0.5, 0.6) is 0 Å². The summed E-state index contributed by atoms with van der Waals surface area (Å²) in [5, 5.41) is 18.3. The van der Waals surface area contributed by atoms with Crippen molar-refractivity contribution in [2.24, 2.45) is 0 Å². The molecule has 0 aliphatic rings. The number of alkyl halides is 3. The van der Waals surface area contributed by atoms with Crippen molar-refractivity contribution in [3.05, 3.63) is 38.4 Å². The number of nitriles is 1. The van der Waals surface area contributed by atoms with Crippen molar-refractivity contribution in [2.75, 3.05) is 0 Å². The Bertz CT molecular complexity index is 493. The monoisotopic (exact) mass is 250 g/mol. The highest BCUT2D eigenvalue weighted by molar-refractivity contribution is 6.33. The van der Waals surface area contributed by atoms with Gasteiger partial charge in [0.05, 0.1) is 16.1 Å². The zero-order chi connectivity index (χ0) is 12.5. The molecule has 4 nitrogen and oxygen atoms in total. The zero-order valence-corrected chi connectivity index (χ0v) is 8.13. The number of hydrogen-bond donors (Lipinski definition) is 0. The molecule has 8 heteroatoms. The minimum absolute atomic E-state index is 0.295. The SMILES string of the molecule is N#Cc1cc(C(F)(F)F)cc([N+](=O)[O-])c1Cl. The third-order valence-electron chi connectivity index (χ3n) is 1.70. The minimum atomic E-state index is -4.76. The molecule has 0 heterocycles. The number of nitrogens with zero attached hydrogens (tertiary/aromatic N) is 2. The van der Waals surface area contributed by atoms with Gasteiger partial charge in [-0.1, -0.05) is 11.6 Å². The van der Waals surface area contributed by atoms with E-state index in [4.69, 9.17) is 16.9 Å². The highest BCUT2D eigenvalue weighted by atomic mass is 35.5. The molecule has 0 fully saturated rings. The Hall–Kier alpha value is -1.81. The summed E-state index contributed by atoms with van der Waals surface area (Å²) in [6.45, 7) is 0. The van der Waals surface area contributed by atoms with Crippen LogP contribution in [0.25, 0.3) is 0 Å². The summed E-state index contributed by atoms with van der Waals surface area (Å²) in [5.74, 6) is 0. The third-order valence-corrected chi connectivity index (χ3v) is 2.10. The Morgan fingerprint density at radius 3 is 2.38 bits per heavy atom. The van der Waals surface area contributed by atoms with Crippen LogP contribution < -0.4 is 0 Å². The minimum Gasteiger partial charge on any atom is -0.258 e. The van der Waals surface area contributed by atoms with Crippen LogP contribution in [-0.2, 0) is 6.18 Å². The standard InChI is InChI=1S/C8H2ClF3N2O2/c9-7-4(3-13)1-5(8(10,11)12)2-6(7)14(15)16/h1-2H. The lowest BCUT2D eigenvalue weighted by molar-refractivity contribution is -0.385. The fourth-order valence-corrected chi connectivity index (χ4v) is 1.21. The van der Waals surface area contributed by atoms with E-state index in [0.29, 0.717) is 12.1 Å². The van der Waals surface area contributed by atoms with Crippen LogP contribution in [0, 0.1) is 21.4 Å². The van der Waals surface area contributed by atoms with Gasteiger partial charge in [-0.2, -0.15) is 18.4 Å². The average molecular weight is 251 g/mol. The molecule has 16 heavy (non-hydrogen) atoms. The second-order valence-electron chi connectivity index (χ2n) is 2.72. The van der Waals surface area contributed by atoms with E-state index in [1.54, 1.807) is 0 Å². The van der Waals surface area contributed by atoms with Gasteiger partial charge in [0, 0.05) is 6.07 Å². The van der Waals surface area contributed by atoms with Gasteiger partial charge in [0.15, 0.2) is 0 Å². The molecule has 0 bridgehead atoms. The van der Waals surface area contributed by atoms with Gasteiger partial charge in [-0.05, 0) is 6.07 Å². The molecule has 0 aromatic heterocycles. The van der Waals surface area contributed by atoms with Crippen LogP contribution in [-0.4, -0.2) is 4.92 Å². The molecule has 0 aliphatic heterocycles. The molecule has 0 saturated heterocycles. The normalized spacial score (nSPS) is 10.9. The van der Waals surface area contributed by atoms with Gasteiger partial charge in [-0.25, -0.2) is 0 Å². The highest BCUT2D eigenvalue weighted by Gasteiger charge is 2.34. The first-order chi connectivity index (χ1) is 7.27. The van der Waals surface area contributed by atoms with Crippen LogP contribution in [0.15, 0.2) is 12.1 Å². The van der Waals surface area contributed by atoms with Crippen molar-refractivity contribution in [2.45, 2.75) is 6.18 Å². The largest absolute Gasteiger partial charge is 0.416 e. The molecule has 1 aromatic carbocycles. The maximum atomic E-state index is 12.3. The van der Waals surface area contributed by atoms with Crippen LogP contribution in [0.4, 0.5) is 18.9 Å². The lowest BCUT2D eigenvalue weighted by Crippen LogP contribution is -2.06. The van der Waals surface area contributed by atoms with Gasteiger partial charge in [0.1, 0.15) is 11.1 Å². The van der Waals surface area contributed by atoms with E-state index in [1.165, 1.54) is 6.07 Å². The molecule has 0 spiro atoms. The summed E-state index contributed by atoms with van der Waals surface area (Å²) < 4.78 is 36.9. The number of halogens is 4. The molecular weight excluding hydrogens is 249 g/mol. The Morgan fingerprint density at radius 1 is 1.44 bits per heavy atom. The summed E-state index contributed by atoms with van der Waals surface area (Å²) in [7, 11) is 0. The molecule has 0 N–H and O–H groups in total. The quantitative estimate of drug-likeness (QED) is 0.568. The molecule has 0 amide bonds. The first-order valence-corrected chi connectivity index (χ1v) is 4.10. The molecular formula is C8H2ClF3N2O2. The molecule has 0 saturated carbocycles. The lowest BCUT2D eigenvalue weighted by Gasteiger charge is -2.07. The molecule has 0 atom stereocenters. The maximum absolute atomic E-state index is 12.3. The average Bonchev–Trinajstić information content (AvgIpc) is 2.15. The van der Waals surface area contributed by atoms with Crippen LogP contribution >= 0.6 is 11.6 Å². The van der Waals surface area contributed by atoms with E-state index >= 15 is 0 Å². The van der Waals surface area contributed by atoms with Gasteiger partial charge in [-0.3, -0.25) is 10.1 Å². The predicted molar refractivity (Wildman–Crippen MR) is 47.8 cm³/mol. The number of benzene rings is 1. The number of nitro benzene ring substituents is 1. The van der Waals surface area contributed by atoms with E-state index in [-0.39, 0.29) is 0 Å². The maximum Gasteiger partial charge on any atom is 0.416 e. The Balaban J connectivity index is 3.54. The fraction of sp³-hybridized carbons (Fsp3) is 0.125. The second kappa shape index (κ2) is 3.98. The highest BCUT2D eigenvalue weighted by Crippen LogP contribution is 2.36. The molecule has 0 radical (unpaired) electrons. The van der Waals surface area contributed by atoms with E-state index in [9.17, 15) is 23.3 Å². The van der Waals surface area contributed by atoms with Gasteiger partial charge in [-0.15, -0.1) is 0 Å². The predicted octanol–water partition coefficient (Wildman–Crippen LogP) is 3.14. The summed E-state index contributed by atoms with van der Waals surface area (Å²) >= 11 is 5.39. The fourth-order valence-electron chi connectivity index (χ4n) is 0.987. The van der Waals surface area contributed by atoms with Gasteiger partial charge in [0.25, 0.3) is 5.69 Å². The van der Waals surface area contributed by atoms with Crippen LogP contribution in [0.3, 0.4) is 0 Å². The second-order valence-corrected chi connectivity index (χ2v) is 3.10. The van der Waals surface area contributed by atoms with Gasteiger partial charge < -0.3 is 0 Å².